The highest BCUT2D eigenvalue weighted by Crippen LogP contribution is 2.26. The molecule has 1 amide bonds. The number of carbonyl (C=O) groups excluding carboxylic acids is 1. The molecule has 2 aromatic rings. The van der Waals surface area contributed by atoms with Gasteiger partial charge in [0.15, 0.2) is 0 Å². The molecule has 94 valence electrons. The van der Waals surface area contributed by atoms with Crippen LogP contribution in [-0.2, 0) is 7.05 Å². The van der Waals surface area contributed by atoms with E-state index in [4.69, 9.17) is 11.6 Å². The molecule has 0 aliphatic heterocycles. The number of hydrogen-bond donors (Lipinski definition) is 2. The lowest BCUT2D eigenvalue weighted by Gasteiger charge is -2.08. The summed E-state index contributed by atoms with van der Waals surface area (Å²) >= 11 is 5.77. The second-order valence-corrected chi connectivity index (χ2v) is 4.45. The van der Waals surface area contributed by atoms with Crippen LogP contribution in [0.5, 0.6) is 5.75 Å². The van der Waals surface area contributed by atoms with E-state index in [1.807, 2.05) is 20.0 Å². The van der Waals surface area contributed by atoms with Crippen LogP contribution in [0.15, 0.2) is 30.3 Å². The van der Waals surface area contributed by atoms with Gasteiger partial charge in [-0.3, -0.25) is 4.79 Å². The number of hydrogen-bond acceptors (Lipinski definition) is 2. The SMILES string of the molecule is Cc1ccc(C(=O)Nc2ccc(O)c(Cl)c2)n1C. The van der Waals surface area contributed by atoms with E-state index in [0.717, 1.165) is 5.69 Å². The quantitative estimate of drug-likeness (QED) is 0.820. The summed E-state index contributed by atoms with van der Waals surface area (Å²) in [4.78, 5) is 12.0. The van der Waals surface area contributed by atoms with Gasteiger partial charge >= 0.3 is 0 Å². The molecular formula is C13H13ClN2O2. The molecule has 1 heterocycles. The molecule has 0 fully saturated rings. The van der Waals surface area contributed by atoms with Crippen LogP contribution in [0.25, 0.3) is 0 Å². The van der Waals surface area contributed by atoms with Gasteiger partial charge in [0.25, 0.3) is 5.91 Å². The Morgan fingerprint density at radius 3 is 2.61 bits per heavy atom. The van der Waals surface area contributed by atoms with Crippen LogP contribution in [0.1, 0.15) is 16.2 Å². The van der Waals surface area contributed by atoms with Gasteiger partial charge in [-0.25, -0.2) is 0 Å². The number of phenols is 1. The molecule has 4 nitrogen and oxygen atoms in total. The van der Waals surface area contributed by atoms with Crippen molar-refractivity contribution in [1.82, 2.24) is 4.57 Å². The van der Waals surface area contributed by atoms with Gasteiger partial charge < -0.3 is 15.0 Å². The summed E-state index contributed by atoms with van der Waals surface area (Å²) < 4.78 is 1.80. The van der Waals surface area contributed by atoms with Crippen LogP contribution in [0.2, 0.25) is 5.02 Å². The van der Waals surface area contributed by atoms with Gasteiger partial charge in [-0.05, 0) is 37.3 Å². The van der Waals surface area contributed by atoms with Gasteiger partial charge in [0, 0.05) is 18.4 Å². The van der Waals surface area contributed by atoms with Crippen molar-refractivity contribution < 1.29 is 9.90 Å². The molecule has 5 heteroatoms. The van der Waals surface area contributed by atoms with E-state index >= 15 is 0 Å². The summed E-state index contributed by atoms with van der Waals surface area (Å²) in [5.41, 5.74) is 2.11. The van der Waals surface area contributed by atoms with Gasteiger partial charge in [-0.15, -0.1) is 0 Å². The fourth-order valence-corrected chi connectivity index (χ4v) is 1.80. The molecule has 0 atom stereocenters. The molecule has 0 unspecified atom stereocenters. The molecule has 0 saturated carbocycles. The number of anilines is 1. The number of nitrogens with zero attached hydrogens (tertiary/aromatic N) is 1. The topological polar surface area (TPSA) is 54.3 Å². The van der Waals surface area contributed by atoms with Gasteiger partial charge in [-0.1, -0.05) is 11.6 Å². The van der Waals surface area contributed by atoms with E-state index in [9.17, 15) is 9.90 Å². The van der Waals surface area contributed by atoms with Crippen molar-refractivity contribution in [3.8, 4) is 5.75 Å². The zero-order valence-electron chi connectivity index (χ0n) is 10.1. The van der Waals surface area contributed by atoms with E-state index in [0.29, 0.717) is 11.4 Å². The third-order valence-corrected chi connectivity index (χ3v) is 3.11. The zero-order chi connectivity index (χ0) is 13.3. The third-order valence-electron chi connectivity index (χ3n) is 2.81. The Balaban J connectivity index is 2.21. The summed E-state index contributed by atoms with van der Waals surface area (Å²) in [5, 5.41) is 12.2. The molecule has 0 saturated heterocycles. The maximum absolute atomic E-state index is 12.0. The van der Waals surface area contributed by atoms with E-state index in [2.05, 4.69) is 5.32 Å². The zero-order valence-corrected chi connectivity index (χ0v) is 10.8. The standard InChI is InChI=1S/C13H13ClN2O2/c1-8-3-5-11(16(8)2)13(18)15-9-4-6-12(17)10(14)7-9/h3-7,17H,1-2H3,(H,15,18). The summed E-state index contributed by atoms with van der Waals surface area (Å²) in [6.45, 7) is 1.92. The molecule has 0 aliphatic carbocycles. The lowest BCUT2D eigenvalue weighted by Crippen LogP contribution is -2.15. The number of aromatic nitrogens is 1. The Morgan fingerprint density at radius 1 is 1.33 bits per heavy atom. The highest BCUT2D eigenvalue weighted by molar-refractivity contribution is 6.32. The second kappa shape index (κ2) is 4.74. The molecule has 1 aromatic heterocycles. The van der Waals surface area contributed by atoms with Crippen LogP contribution in [-0.4, -0.2) is 15.6 Å². The van der Waals surface area contributed by atoms with Crippen LogP contribution in [0.4, 0.5) is 5.69 Å². The van der Waals surface area contributed by atoms with Crippen LogP contribution in [0.3, 0.4) is 0 Å². The van der Waals surface area contributed by atoms with Crippen molar-refractivity contribution in [2.45, 2.75) is 6.92 Å². The van der Waals surface area contributed by atoms with E-state index in [1.54, 1.807) is 16.7 Å². The molecule has 0 spiro atoms. The molecule has 18 heavy (non-hydrogen) atoms. The summed E-state index contributed by atoms with van der Waals surface area (Å²) in [6, 6.07) is 8.17. The molecule has 0 aliphatic rings. The Morgan fingerprint density at radius 2 is 2.06 bits per heavy atom. The molecule has 2 N–H and O–H groups in total. The number of carbonyl (C=O) groups is 1. The van der Waals surface area contributed by atoms with E-state index in [1.165, 1.54) is 12.1 Å². The maximum Gasteiger partial charge on any atom is 0.272 e. The number of amides is 1. The van der Waals surface area contributed by atoms with Crippen LogP contribution in [0, 0.1) is 6.92 Å². The Kier molecular flexibility index (Phi) is 3.30. The Labute approximate surface area is 110 Å². The lowest BCUT2D eigenvalue weighted by molar-refractivity contribution is 0.101. The minimum absolute atomic E-state index is 0.00984. The van der Waals surface area contributed by atoms with E-state index < -0.39 is 0 Å². The summed E-state index contributed by atoms with van der Waals surface area (Å²) in [6.07, 6.45) is 0. The Bertz CT molecular complexity index is 605. The number of benzene rings is 1. The average Bonchev–Trinajstić information content (AvgIpc) is 2.65. The van der Waals surface area contributed by atoms with Crippen molar-refractivity contribution in [3.63, 3.8) is 0 Å². The fourth-order valence-electron chi connectivity index (χ4n) is 1.62. The fraction of sp³-hybridized carbons (Fsp3) is 0.154. The predicted octanol–water partition coefficient (Wildman–Crippen LogP) is 2.94. The Hall–Kier alpha value is -1.94. The number of phenolic OH excluding ortho intramolecular Hbond substituents is 1. The first-order valence-electron chi connectivity index (χ1n) is 5.41. The smallest absolute Gasteiger partial charge is 0.272 e. The van der Waals surface area contributed by atoms with Crippen molar-refractivity contribution in [2.75, 3.05) is 5.32 Å². The summed E-state index contributed by atoms with van der Waals surface area (Å²) in [5.74, 6) is -0.225. The predicted molar refractivity (Wildman–Crippen MR) is 71.2 cm³/mol. The second-order valence-electron chi connectivity index (χ2n) is 4.04. The molecule has 0 bridgehead atoms. The molecule has 2 rings (SSSR count). The number of rotatable bonds is 2. The minimum atomic E-state index is -0.215. The van der Waals surface area contributed by atoms with Crippen LogP contribution >= 0.6 is 11.6 Å². The summed E-state index contributed by atoms with van der Waals surface area (Å²) in [7, 11) is 1.83. The normalized spacial score (nSPS) is 10.4. The van der Waals surface area contributed by atoms with Gasteiger partial charge in [-0.2, -0.15) is 0 Å². The average molecular weight is 265 g/mol. The van der Waals surface area contributed by atoms with Gasteiger partial charge in [0.1, 0.15) is 11.4 Å². The van der Waals surface area contributed by atoms with Crippen LogP contribution < -0.4 is 5.32 Å². The molecular weight excluding hydrogens is 252 g/mol. The first-order chi connectivity index (χ1) is 8.49. The van der Waals surface area contributed by atoms with Crippen molar-refractivity contribution >= 4 is 23.2 Å². The van der Waals surface area contributed by atoms with Gasteiger partial charge in [0.05, 0.1) is 5.02 Å². The molecule has 0 radical (unpaired) electrons. The first kappa shape index (κ1) is 12.5. The monoisotopic (exact) mass is 264 g/mol. The maximum atomic E-state index is 12.0. The number of halogens is 1. The minimum Gasteiger partial charge on any atom is -0.506 e. The largest absolute Gasteiger partial charge is 0.506 e. The van der Waals surface area contributed by atoms with Crippen molar-refractivity contribution in [2.24, 2.45) is 7.05 Å². The number of nitrogens with one attached hydrogen (secondary N) is 1. The van der Waals surface area contributed by atoms with Gasteiger partial charge in [0.2, 0.25) is 0 Å². The van der Waals surface area contributed by atoms with Crippen molar-refractivity contribution in [1.29, 1.82) is 0 Å². The van der Waals surface area contributed by atoms with Crippen molar-refractivity contribution in [3.05, 3.63) is 46.7 Å². The van der Waals surface area contributed by atoms with E-state index in [-0.39, 0.29) is 16.7 Å². The number of aryl methyl sites for hydroxylation is 1. The lowest BCUT2D eigenvalue weighted by atomic mass is 10.3. The highest BCUT2D eigenvalue weighted by Gasteiger charge is 2.11. The molecule has 1 aromatic carbocycles. The highest BCUT2D eigenvalue weighted by atomic mass is 35.5. The number of aromatic hydroxyl groups is 1. The first-order valence-corrected chi connectivity index (χ1v) is 5.79. The third kappa shape index (κ3) is 2.33.